The first-order valence-electron chi connectivity index (χ1n) is 5.78. The van der Waals surface area contributed by atoms with Crippen molar-refractivity contribution in [1.82, 2.24) is 0 Å². The van der Waals surface area contributed by atoms with E-state index < -0.39 is 0 Å². The van der Waals surface area contributed by atoms with E-state index in [1.807, 2.05) is 14.0 Å². The number of hydrogen-bond donors (Lipinski definition) is 1. The van der Waals surface area contributed by atoms with Crippen molar-refractivity contribution in [3.8, 4) is 0 Å². The Balaban J connectivity index is 2.45. The van der Waals surface area contributed by atoms with Gasteiger partial charge in [-0.25, -0.2) is 0 Å². The van der Waals surface area contributed by atoms with Crippen LogP contribution in [0.4, 0.5) is 11.4 Å². The maximum Gasteiger partial charge on any atom is 0.231 e. The molecule has 1 aromatic carbocycles. The molecule has 0 radical (unpaired) electrons. The Labute approximate surface area is 96.5 Å². The van der Waals surface area contributed by atoms with E-state index in [9.17, 15) is 4.79 Å². The number of carbonyl (C=O) groups is 1. The van der Waals surface area contributed by atoms with Gasteiger partial charge in [0.05, 0.1) is 17.3 Å². The highest BCUT2D eigenvalue weighted by Crippen LogP contribution is 2.30. The van der Waals surface area contributed by atoms with Crippen molar-refractivity contribution in [3.05, 3.63) is 23.8 Å². The monoisotopic (exact) mass is 218 g/mol. The number of carbonyl (C=O) groups excluding carboxylic acids is 1. The van der Waals surface area contributed by atoms with Gasteiger partial charge in [0.1, 0.15) is 0 Å². The maximum absolute atomic E-state index is 12.0. The molecule has 3 nitrogen and oxygen atoms in total. The summed E-state index contributed by atoms with van der Waals surface area (Å²) in [5.74, 6) is 0.210. The Morgan fingerprint density at radius 2 is 2.25 bits per heavy atom. The second-order valence-electron chi connectivity index (χ2n) is 4.38. The molecule has 0 aromatic heterocycles. The van der Waals surface area contributed by atoms with Crippen LogP contribution < -0.4 is 10.2 Å². The molecule has 0 saturated heterocycles. The van der Waals surface area contributed by atoms with Crippen molar-refractivity contribution in [2.24, 2.45) is 5.92 Å². The predicted molar refractivity (Wildman–Crippen MR) is 66.9 cm³/mol. The van der Waals surface area contributed by atoms with Gasteiger partial charge in [-0.05, 0) is 24.1 Å². The molecule has 1 unspecified atom stereocenters. The number of anilines is 2. The lowest BCUT2D eigenvalue weighted by Crippen LogP contribution is -2.31. The maximum atomic E-state index is 12.0. The fraction of sp³-hybridized carbons (Fsp3) is 0.462. The lowest BCUT2D eigenvalue weighted by molar-refractivity contribution is -0.121. The standard InChI is InChI=1S/C13H18N2O/c1-4-10-5-6-11-12(7-10)15(3)13(16)9(2)8-14-11/h5-7,9,14H,4,8H2,1-3H3. The number of aryl methyl sites for hydroxylation is 1. The lowest BCUT2D eigenvalue weighted by Gasteiger charge is -2.19. The molecular formula is C13H18N2O. The van der Waals surface area contributed by atoms with E-state index >= 15 is 0 Å². The summed E-state index contributed by atoms with van der Waals surface area (Å²) in [5.41, 5.74) is 3.31. The fourth-order valence-corrected chi connectivity index (χ4v) is 2.02. The average Bonchev–Trinajstić information content (AvgIpc) is 2.42. The van der Waals surface area contributed by atoms with Crippen LogP contribution in [0.5, 0.6) is 0 Å². The molecule has 1 atom stereocenters. The zero-order valence-electron chi connectivity index (χ0n) is 10.1. The van der Waals surface area contributed by atoms with Crippen LogP contribution in [0, 0.1) is 5.92 Å². The summed E-state index contributed by atoms with van der Waals surface area (Å²) >= 11 is 0. The van der Waals surface area contributed by atoms with Crippen LogP contribution in [0.25, 0.3) is 0 Å². The van der Waals surface area contributed by atoms with E-state index in [-0.39, 0.29) is 11.8 Å². The van der Waals surface area contributed by atoms with Crippen molar-refractivity contribution in [1.29, 1.82) is 0 Å². The Morgan fingerprint density at radius 3 is 2.94 bits per heavy atom. The SMILES string of the molecule is CCc1ccc2c(c1)N(C)C(=O)C(C)CN2. The van der Waals surface area contributed by atoms with Crippen LogP contribution >= 0.6 is 0 Å². The van der Waals surface area contributed by atoms with Gasteiger partial charge in [0.25, 0.3) is 0 Å². The van der Waals surface area contributed by atoms with Crippen molar-refractivity contribution < 1.29 is 4.79 Å². The number of hydrogen-bond acceptors (Lipinski definition) is 2. The molecule has 0 spiro atoms. The average molecular weight is 218 g/mol. The minimum Gasteiger partial charge on any atom is -0.383 e. The third-order valence-corrected chi connectivity index (χ3v) is 3.18. The molecule has 1 aromatic rings. The summed E-state index contributed by atoms with van der Waals surface area (Å²) in [7, 11) is 1.85. The molecule has 0 saturated carbocycles. The van der Waals surface area contributed by atoms with Gasteiger partial charge >= 0.3 is 0 Å². The van der Waals surface area contributed by atoms with Crippen LogP contribution in [0.2, 0.25) is 0 Å². The minimum absolute atomic E-state index is 0.0301. The number of nitrogens with one attached hydrogen (secondary N) is 1. The molecule has 0 aliphatic carbocycles. The highest BCUT2D eigenvalue weighted by atomic mass is 16.2. The first kappa shape index (κ1) is 11.0. The quantitative estimate of drug-likeness (QED) is 0.784. The molecule has 86 valence electrons. The Bertz CT molecular complexity index is 414. The summed E-state index contributed by atoms with van der Waals surface area (Å²) in [5, 5.41) is 3.32. The van der Waals surface area contributed by atoms with E-state index in [4.69, 9.17) is 0 Å². The van der Waals surface area contributed by atoms with Crippen LogP contribution in [0.15, 0.2) is 18.2 Å². The summed E-state index contributed by atoms with van der Waals surface area (Å²) < 4.78 is 0. The van der Waals surface area contributed by atoms with Crippen LogP contribution in [-0.4, -0.2) is 19.5 Å². The van der Waals surface area contributed by atoms with Crippen LogP contribution in [0.3, 0.4) is 0 Å². The minimum atomic E-state index is 0.0301. The van der Waals surface area contributed by atoms with Gasteiger partial charge in [0.15, 0.2) is 0 Å². The first-order chi connectivity index (χ1) is 7.63. The Kier molecular flexibility index (Phi) is 2.86. The summed E-state index contributed by atoms with van der Waals surface area (Å²) in [6.07, 6.45) is 0.991. The van der Waals surface area contributed by atoms with E-state index in [1.54, 1.807) is 4.90 Å². The molecule has 3 heteroatoms. The summed E-state index contributed by atoms with van der Waals surface area (Å²) in [6.45, 7) is 4.79. The molecular weight excluding hydrogens is 200 g/mol. The molecule has 0 bridgehead atoms. The van der Waals surface area contributed by atoms with Gasteiger partial charge in [-0.2, -0.15) is 0 Å². The third kappa shape index (κ3) is 1.77. The highest BCUT2D eigenvalue weighted by molar-refractivity contribution is 5.99. The molecule has 1 amide bonds. The Hall–Kier alpha value is -1.51. The largest absolute Gasteiger partial charge is 0.383 e. The van der Waals surface area contributed by atoms with Gasteiger partial charge in [-0.3, -0.25) is 4.79 Å². The molecule has 0 fully saturated rings. The van der Waals surface area contributed by atoms with Gasteiger partial charge in [-0.15, -0.1) is 0 Å². The van der Waals surface area contributed by atoms with Crippen molar-refractivity contribution in [2.45, 2.75) is 20.3 Å². The predicted octanol–water partition coefficient (Wildman–Crippen LogP) is 2.27. The molecule has 16 heavy (non-hydrogen) atoms. The zero-order chi connectivity index (χ0) is 11.7. The highest BCUT2D eigenvalue weighted by Gasteiger charge is 2.24. The zero-order valence-corrected chi connectivity index (χ0v) is 10.1. The van der Waals surface area contributed by atoms with E-state index in [0.29, 0.717) is 6.54 Å². The first-order valence-corrected chi connectivity index (χ1v) is 5.78. The number of nitrogens with zero attached hydrogens (tertiary/aromatic N) is 1. The van der Waals surface area contributed by atoms with E-state index in [0.717, 1.165) is 17.8 Å². The van der Waals surface area contributed by atoms with Crippen molar-refractivity contribution in [2.75, 3.05) is 23.8 Å². The second kappa shape index (κ2) is 4.16. The van der Waals surface area contributed by atoms with Crippen molar-refractivity contribution in [3.63, 3.8) is 0 Å². The number of amides is 1. The molecule has 2 rings (SSSR count). The second-order valence-corrected chi connectivity index (χ2v) is 4.38. The normalized spacial score (nSPS) is 20.1. The number of fused-ring (bicyclic) bond motifs is 1. The van der Waals surface area contributed by atoms with Crippen LogP contribution in [0.1, 0.15) is 19.4 Å². The van der Waals surface area contributed by atoms with E-state index in [1.165, 1.54) is 5.56 Å². The van der Waals surface area contributed by atoms with Gasteiger partial charge in [0.2, 0.25) is 5.91 Å². The van der Waals surface area contributed by atoms with Gasteiger partial charge < -0.3 is 10.2 Å². The van der Waals surface area contributed by atoms with Crippen LogP contribution in [-0.2, 0) is 11.2 Å². The smallest absolute Gasteiger partial charge is 0.231 e. The van der Waals surface area contributed by atoms with Gasteiger partial charge in [-0.1, -0.05) is 19.9 Å². The van der Waals surface area contributed by atoms with E-state index in [2.05, 4.69) is 30.4 Å². The fourth-order valence-electron chi connectivity index (χ4n) is 2.02. The van der Waals surface area contributed by atoms with Crippen molar-refractivity contribution >= 4 is 17.3 Å². The summed E-state index contributed by atoms with van der Waals surface area (Å²) in [6, 6.07) is 6.27. The lowest BCUT2D eigenvalue weighted by atomic mass is 10.1. The molecule has 1 heterocycles. The number of rotatable bonds is 1. The van der Waals surface area contributed by atoms with Gasteiger partial charge in [0, 0.05) is 13.6 Å². The molecule has 1 N–H and O–H groups in total. The third-order valence-electron chi connectivity index (χ3n) is 3.18. The summed E-state index contributed by atoms with van der Waals surface area (Å²) in [4.78, 5) is 13.8. The molecule has 1 aliphatic rings. The Morgan fingerprint density at radius 1 is 1.50 bits per heavy atom. The number of benzene rings is 1. The topological polar surface area (TPSA) is 32.3 Å². The molecule has 1 aliphatic heterocycles.